The first-order valence-electron chi connectivity index (χ1n) is 8.95. The molecule has 0 aliphatic carbocycles. The quantitative estimate of drug-likeness (QED) is 0.385. The van der Waals surface area contributed by atoms with Crippen molar-refractivity contribution in [3.63, 3.8) is 0 Å². The Labute approximate surface area is 178 Å². The lowest BCUT2D eigenvalue weighted by Crippen LogP contribution is -2.15. The van der Waals surface area contributed by atoms with Gasteiger partial charge in [-0.05, 0) is 30.3 Å². The van der Waals surface area contributed by atoms with Crippen LogP contribution in [0.2, 0.25) is 0 Å². The van der Waals surface area contributed by atoms with E-state index in [-0.39, 0.29) is 34.4 Å². The lowest BCUT2D eigenvalue weighted by molar-refractivity contribution is -0.137. The molecule has 166 valence electrons. The third kappa shape index (κ3) is 5.49. The third-order valence-electron chi connectivity index (χ3n) is 4.20. The Morgan fingerprint density at radius 1 is 1.16 bits per heavy atom. The van der Waals surface area contributed by atoms with Crippen molar-refractivity contribution < 1.29 is 36.6 Å². The summed E-state index contributed by atoms with van der Waals surface area (Å²) in [5.74, 6) is -1.27. The molecule has 0 aliphatic rings. The summed E-state index contributed by atoms with van der Waals surface area (Å²) < 4.78 is 68.6. The van der Waals surface area contributed by atoms with Gasteiger partial charge in [-0.1, -0.05) is 11.3 Å². The molecule has 2 aromatic carbocycles. The zero-order valence-corrected chi connectivity index (χ0v) is 17.3. The van der Waals surface area contributed by atoms with Crippen LogP contribution in [-0.4, -0.2) is 38.3 Å². The predicted molar refractivity (Wildman–Crippen MR) is 107 cm³/mol. The molecule has 0 fully saturated rings. The van der Waals surface area contributed by atoms with E-state index in [1.807, 2.05) is 0 Å². The van der Waals surface area contributed by atoms with Gasteiger partial charge in [0.15, 0.2) is 5.13 Å². The Bertz CT molecular complexity index is 1080. The standard InChI is InChI=1S/C20H18F4N2O4S/c1-28-5-6-30-10-11-7-13(21)9-14(17(11)29-2)18(27)26-19-25-15-4-3-12(20(22,23)24)8-16(15)31-19/h3-4,7-9H,5-6,10H2,1-2H3,(H,25,26,27). The van der Waals surface area contributed by atoms with Crippen molar-refractivity contribution in [2.24, 2.45) is 0 Å². The molecule has 11 heteroatoms. The number of methoxy groups -OCH3 is 2. The van der Waals surface area contributed by atoms with Crippen molar-refractivity contribution in [2.45, 2.75) is 12.8 Å². The number of thiazole rings is 1. The second kappa shape index (κ2) is 9.58. The van der Waals surface area contributed by atoms with E-state index in [9.17, 15) is 22.4 Å². The van der Waals surface area contributed by atoms with Crippen LogP contribution in [0.4, 0.5) is 22.7 Å². The first-order valence-corrected chi connectivity index (χ1v) is 9.76. The maximum Gasteiger partial charge on any atom is 0.416 e. The van der Waals surface area contributed by atoms with Gasteiger partial charge in [0.1, 0.15) is 11.6 Å². The number of nitrogens with zero attached hydrogens (tertiary/aromatic N) is 1. The number of hydrogen-bond acceptors (Lipinski definition) is 6. The average Bonchev–Trinajstić information content (AvgIpc) is 3.11. The molecule has 1 heterocycles. The summed E-state index contributed by atoms with van der Waals surface area (Å²) >= 11 is 0.876. The number of rotatable bonds is 8. The van der Waals surface area contributed by atoms with Gasteiger partial charge in [0.05, 0.1) is 48.3 Å². The highest BCUT2D eigenvalue weighted by Crippen LogP contribution is 2.35. The Morgan fingerprint density at radius 3 is 2.61 bits per heavy atom. The number of fused-ring (bicyclic) bond motifs is 1. The van der Waals surface area contributed by atoms with Crippen LogP contribution < -0.4 is 10.1 Å². The maximum atomic E-state index is 14.1. The number of benzene rings is 2. The van der Waals surface area contributed by atoms with E-state index in [0.29, 0.717) is 17.7 Å². The van der Waals surface area contributed by atoms with Gasteiger partial charge in [0, 0.05) is 12.7 Å². The minimum atomic E-state index is -4.49. The van der Waals surface area contributed by atoms with Crippen molar-refractivity contribution in [2.75, 3.05) is 32.8 Å². The normalized spacial score (nSPS) is 11.7. The van der Waals surface area contributed by atoms with Crippen LogP contribution in [0.3, 0.4) is 0 Å². The number of halogens is 4. The molecular formula is C20H18F4N2O4S. The molecule has 1 aromatic heterocycles. The number of hydrogen-bond donors (Lipinski definition) is 1. The molecular weight excluding hydrogens is 440 g/mol. The first kappa shape index (κ1) is 22.9. The first-order chi connectivity index (χ1) is 14.7. The second-order valence-electron chi connectivity index (χ2n) is 6.34. The molecule has 0 atom stereocenters. The van der Waals surface area contributed by atoms with E-state index in [2.05, 4.69) is 10.3 Å². The maximum absolute atomic E-state index is 14.1. The molecule has 3 rings (SSSR count). The molecule has 31 heavy (non-hydrogen) atoms. The fraction of sp³-hybridized carbons (Fsp3) is 0.300. The summed E-state index contributed by atoms with van der Waals surface area (Å²) in [7, 11) is 2.85. The summed E-state index contributed by atoms with van der Waals surface area (Å²) in [6, 6.07) is 5.29. The summed E-state index contributed by atoms with van der Waals surface area (Å²) in [4.78, 5) is 16.9. The summed E-state index contributed by atoms with van der Waals surface area (Å²) in [5.41, 5.74) is -0.288. The van der Waals surface area contributed by atoms with E-state index < -0.39 is 23.5 Å². The molecule has 6 nitrogen and oxygen atoms in total. The van der Waals surface area contributed by atoms with Gasteiger partial charge in [-0.2, -0.15) is 13.2 Å². The fourth-order valence-corrected chi connectivity index (χ4v) is 3.71. The molecule has 1 amide bonds. The Morgan fingerprint density at radius 2 is 1.94 bits per heavy atom. The van der Waals surface area contributed by atoms with Gasteiger partial charge >= 0.3 is 6.18 Å². The largest absolute Gasteiger partial charge is 0.496 e. The van der Waals surface area contributed by atoms with Gasteiger partial charge < -0.3 is 14.2 Å². The Hall–Kier alpha value is -2.76. The SMILES string of the molecule is COCCOCc1cc(F)cc(C(=O)Nc2nc3ccc(C(F)(F)F)cc3s2)c1OC. The van der Waals surface area contributed by atoms with Crippen molar-refractivity contribution >= 4 is 32.6 Å². The van der Waals surface area contributed by atoms with Crippen LogP contribution in [0.1, 0.15) is 21.5 Å². The van der Waals surface area contributed by atoms with Crippen molar-refractivity contribution in [3.8, 4) is 5.75 Å². The molecule has 0 saturated heterocycles. The van der Waals surface area contributed by atoms with E-state index in [0.717, 1.165) is 29.5 Å². The number of aromatic nitrogens is 1. The highest BCUT2D eigenvalue weighted by Gasteiger charge is 2.31. The highest BCUT2D eigenvalue weighted by atomic mass is 32.1. The van der Waals surface area contributed by atoms with Crippen LogP contribution in [0, 0.1) is 5.82 Å². The van der Waals surface area contributed by atoms with E-state index in [1.54, 1.807) is 0 Å². The number of anilines is 1. The number of ether oxygens (including phenoxy) is 3. The molecule has 0 aliphatic heterocycles. The number of alkyl halides is 3. The Balaban J connectivity index is 1.84. The molecule has 3 aromatic rings. The van der Waals surface area contributed by atoms with Crippen LogP contribution in [0.15, 0.2) is 30.3 Å². The van der Waals surface area contributed by atoms with Crippen LogP contribution in [0.25, 0.3) is 10.2 Å². The average molecular weight is 458 g/mol. The molecule has 1 N–H and O–H groups in total. The monoisotopic (exact) mass is 458 g/mol. The van der Waals surface area contributed by atoms with Crippen molar-refractivity contribution in [1.29, 1.82) is 0 Å². The lowest BCUT2D eigenvalue weighted by atomic mass is 10.1. The molecule has 0 unspecified atom stereocenters. The van der Waals surface area contributed by atoms with Crippen LogP contribution in [-0.2, 0) is 22.3 Å². The van der Waals surface area contributed by atoms with E-state index in [1.165, 1.54) is 26.4 Å². The van der Waals surface area contributed by atoms with Gasteiger partial charge in [0.25, 0.3) is 5.91 Å². The fourth-order valence-electron chi connectivity index (χ4n) is 2.81. The number of carbonyl (C=O) groups excluding carboxylic acids is 1. The smallest absolute Gasteiger partial charge is 0.416 e. The molecule has 0 bridgehead atoms. The van der Waals surface area contributed by atoms with Gasteiger partial charge in [-0.15, -0.1) is 0 Å². The van der Waals surface area contributed by atoms with Crippen molar-refractivity contribution in [3.05, 3.63) is 52.8 Å². The molecule has 0 saturated carbocycles. The predicted octanol–water partition coefficient (Wildman–Crippen LogP) is 4.88. The van der Waals surface area contributed by atoms with Crippen LogP contribution in [0.5, 0.6) is 5.75 Å². The summed E-state index contributed by atoms with van der Waals surface area (Å²) in [6.07, 6.45) is -4.49. The van der Waals surface area contributed by atoms with E-state index >= 15 is 0 Å². The number of nitrogens with one attached hydrogen (secondary N) is 1. The van der Waals surface area contributed by atoms with Crippen LogP contribution >= 0.6 is 11.3 Å². The second-order valence-corrected chi connectivity index (χ2v) is 7.38. The van der Waals surface area contributed by atoms with E-state index in [4.69, 9.17) is 14.2 Å². The van der Waals surface area contributed by atoms with Crippen molar-refractivity contribution in [1.82, 2.24) is 4.98 Å². The summed E-state index contributed by atoms with van der Waals surface area (Å²) in [6.45, 7) is 0.605. The van der Waals surface area contributed by atoms with Gasteiger partial charge in [-0.25, -0.2) is 9.37 Å². The summed E-state index contributed by atoms with van der Waals surface area (Å²) in [5, 5.41) is 2.56. The minimum Gasteiger partial charge on any atom is -0.496 e. The zero-order chi connectivity index (χ0) is 22.6. The van der Waals surface area contributed by atoms with Gasteiger partial charge in [-0.3, -0.25) is 10.1 Å². The Kier molecular flexibility index (Phi) is 7.08. The minimum absolute atomic E-state index is 0.00801. The number of carbonyl (C=O) groups is 1. The molecule has 0 radical (unpaired) electrons. The molecule has 0 spiro atoms. The third-order valence-corrected chi connectivity index (χ3v) is 5.14. The number of amides is 1. The highest BCUT2D eigenvalue weighted by molar-refractivity contribution is 7.22. The topological polar surface area (TPSA) is 69.7 Å². The zero-order valence-electron chi connectivity index (χ0n) is 16.5. The van der Waals surface area contributed by atoms with Gasteiger partial charge in [0.2, 0.25) is 0 Å². The lowest BCUT2D eigenvalue weighted by Gasteiger charge is -2.14.